The SMILES string of the molecule is Cl.FC(F)(F)c1cnc(NC2CCNCC2)c(Cl)c1. The molecule has 0 unspecified atom stereocenters. The van der Waals surface area contributed by atoms with Gasteiger partial charge in [-0.2, -0.15) is 13.2 Å². The van der Waals surface area contributed by atoms with Crippen LogP contribution in [0.15, 0.2) is 12.3 Å². The number of anilines is 1. The van der Waals surface area contributed by atoms with Crippen LogP contribution < -0.4 is 10.6 Å². The smallest absolute Gasteiger partial charge is 0.366 e. The fourth-order valence-corrected chi connectivity index (χ4v) is 2.08. The van der Waals surface area contributed by atoms with Crippen LogP contribution in [0.2, 0.25) is 5.02 Å². The third kappa shape index (κ3) is 4.40. The zero-order valence-corrected chi connectivity index (χ0v) is 11.5. The summed E-state index contributed by atoms with van der Waals surface area (Å²) in [4.78, 5) is 3.76. The lowest BCUT2D eigenvalue weighted by molar-refractivity contribution is -0.137. The van der Waals surface area contributed by atoms with Gasteiger partial charge in [-0.15, -0.1) is 12.4 Å². The number of nitrogens with one attached hydrogen (secondary N) is 2. The number of rotatable bonds is 2. The molecule has 19 heavy (non-hydrogen) atoms. The Bertz CT molecular complexity index is 420. The lowest BCUT2D eigenvalue weighted by Crippen LogP contribution is -2.35. The summed E-state index contributed by atoms with van der Waals surface area (Å²) in [6.07, 6.45) is -1.81. The molecule has 1 aliphatic rings. The van der Waals surface area contributed by atoms with Crippen molar-refractivity contribution in [1.82, 2.24) is 10.3 Å². The monoisotopic (exact) mass is 315 g/mol. The first-order valence-corrected chi connectivity index (χ1v) is 6.04. The van der Waals surface area contributed by atoms with E-state index in [1.165, 1.54) is 0 Å². The predicted molar refractivity (Wildman–Crippen MR) is 71.0 cm³/mol. The molecule has 0 saturated carbocycles. The lowest BCUT2D eigenvalue weighted by atomic mass is 10.1. The molecule has 1 saturated heterocycles. The van der Waals surface area contributed by atoms with Crippen LogP contribution in [0.3, 0.4) is 0 Å². The van der Waals surface area contributed by atoms with Gasteiger partial charge in [0, 0.05) is 12.2 Å². The lowest BCUT2D eigenvalue weighted by Gasteiger charge is -2.24. The summed E-state index contributed by atoms with van der Waals surface area (Å²) in [6.45, 7) is 1.77. The quantitative estimate of drug-likeness (QED) is 0.879. The van der Waals surface area contributed by atoms with E-state index in [1.807, 2.05) is 0 Å². The normalized spacial score (nSPS) is 16.8. The van der Waals surface area contributed by atoms with Gasteiger partial charge in [-0.3, -0.25) is 0 Å². The summed E-state index contributed by atoms with van der Waals surface area (Å²) < 4.78 is 37.3. The first-order chi connectivity index (χ1) is 8.47. The first-order valence-electron chi connectivity index (χ1n) is 5.67. The Hall–Kier alpha value is -0.720. The van der Waals surface area contributed by atoms with Crippen molar-refractivity contribution < 1.29 is 13.2 Å². The average molecular weight is 316 g/mol. The number of nitrogens with zero attached hydrogens (tertiary/aromatic N) is 1. The van der Waals surface area contributed by atoms with E-state index in [1.54, 1.807) is 0 Å². The molecule has 8 heteroatoms. The molecule has 2 rings (SSSR count). The Balaban J connectivity index is 0.00000180. The van der Waals surface area contributed by atoms with Gasteiger partial charge in [-0.25, -0.2) is 4.98 Å². The molecule has 3 nitrogen and oxygen atoms in total. The highest BCUT2D eigenvalue weighted by atomic mass is 35.5. The number of pyridine rings is 1. The molecule has 2 N–H and O–H groups in total. The molecule has 0 atom stereocenters. The average Bonchev–Trinajstić information content (AvgIpc) is 2.32. The van der Waals surface area contributed by atoms with E-state index in [4.69, 9.17) is 11.6 Å². The highest BCUT2D eigenvalue weighted by molar-refractivity contribution is 6.33. The first kappa shape index (κ1) is 16.3. The van der Waals surface area contributed by atoms with Crippen molar-refractivity contribution in [3.63, 3.8) is 0 Å². The second-order valence-electron chi connectivity index (χ2n) is 4.22. The number of hydrogen-bond acceptors (Lipinski definition) is 3. The van der Waals surface area contributed by atoms with Crippen molar-refractivity contribution in [3.8, 4) is 0 Å². The number of halogens is 5. The van der Waals surface area contributed by atoms with Crippen molar-refractivity contribution in [3.05, 3.63) is 22.8 Å². The van der Waals surface area contributed by atoms with Crippen molar-refractivity contribution in [1.29, 1.82) is 0 Å². The van der Waals surface area contributed by atoms with E-state index in [0.717, 1.165) is 38.2 Å². The van der Waals surface area contributed by atoms with Crippen LogP contribution in [0.5, 0.6) is 0 Å². The molecule has 0 radical (unpaired) electrons. The maximum atomic E-state index is 12.4. The van der Waals surface area contributed by atoms with Crippen molar-refractivity contribution in [2.24, 2.45) is 0 Å². The predicted octanol–water partition coefficient (Wildman–Crippen LogP) is 3.34. The third-order valence-electron chi connectivity index (χ3n) is 2.85. The number of hydrogen-bond donors (Lipinski definition) is 2. The van der Waals surface area contributed by atoms with E-state index in [-0.39, 0.29) is 23.5 Å². The second kappa shape index (κ2) is 6.63. The molecular formula is C11H14Cl2F3N3. The highest BCUT2D eigenvalue weighted by Crippen LogP contribution is 2.32. The summed E-state index contributed by atoms with van der Waals surface area (Å²) in [6, 6.07) is 1.10. The Morgan fingerprint density at radius 2 is 1.95 bits per heavy atom. The molecule has 2 heterocycles. The van der Waals surface area contributed by atoms with Crippen LogP contribution in [0.1, 0.15) is 18.4 Å². The van der Waals surface area contributed by atoms with Gasteiger partial charge in [0.25, 0.3) is 0 Å². The third-order valence-corrected chi connectivity index (χ3v) is 3.14. The van der Waals surface area contributed by atoms with Gasteiger partial charge in [0.05, 0.1) is 10.6 Å². The zero-order chi connectivity index (χ0) is 13.2. The van der Waals surface area contributed by atoms with Crippen LogP contribution in [0.25, 0.3) is 0 Å². The minimum absolute atomic E-state index is 0. The molecule has 0 bridgehead atoms. The summed E-state index contributed by atoms with van der Waals surface area (Å²) in [5.74, 6) is 0.316. The van der Waals surface area contributed by atoms with Crippen molar-refractivity contribution >= 4 is 29.8 Å². The minimum Gasteiger partial charge on any atom is -0.366 e. The van der Waals surface area contributed by atoms with E-state index in [2.05, 4.69) is 15.6 Å². The van der Waals surface area contributed by atoms with E-state index < -0.39 is 11.7 Å². The van der Waals surface area contributed by atoms with Crippen molar-refractivity contribution in [2.75, 3.05) is 18.4 Å². The van der Waals surface area contributed by atoms with Gasteiger partial charge in [-0.1, -0.05) is 11.6 Å². The maximum Gasteiger partial charge on any atom is 0.417 e. The van der Waals surface area contributed by atoms with Gasteiger partial charge in [0.2, 0.25) is 0 Å². The molecule has 0 aromatic carbocycles. The Morgan fingerprint density at radius 3 is 2.47 bits per heavy atom. The van der Waals surface area contributed by atoms with Crippen LogP contribution in [0.4, 0.5) is 19.0 Å². The van der Waals surface area contributed by atoms with E-state index in [0.29, 0.717) is 5.82 Å². The standard InChI is InChI=1S/C11H13ClF3N3.ClH/c12-9-5-7(11(13,14)15)6-17-10(9)18-8-1-3-16-4-2-8;/h5-6,8,16H,1-4H2,(H,17,18);1H. The molecule has 1 fully saturated rings. The topological polar surface area (TPSA) is 37.0 Å². The Labute approximate surface area is 120 Å². The molecule has 0 spiro atoms. The Morgan fingerprint density at radius 1 is 1.32 bits per heavy atom. The van der Waals surface area contributed by atoms with Crippen LogP contribution in [0, 0.1) is 0 Å². The number of alkyl halides is 3. The van der Waals surface area contributed by atoms with Crippen LogP contribution in [-0.4, -0.2) is 24.1 Å². The fraction of sp³-hybridized carbons (Fsp3) is 0.545. The summed E-state index contributed by atoms with van der Waals surface area (Å²) in [5, 5.41) is 6.28. The summed E-state index contributed by atoms with van der Waals surface area (Å²) in [7, 11) is 0. The zero-order valence-electron chi connectivity index (χ0n) is 9.93. The molecule has 1 aromatic rings. The Kier molecular flexibility index (Phi) is 5.70. The number of aromatic nitrogens is 1. The molecule has 1 aromatic heterocycles. The van der Waals surface area contributed by atoms with E-state index >= 15 is 0 Å². The van der Waals surface area contributed by atoms with Crippen LogP contribution in [-0.2, 0) is 6.18 Å². The second-order valence-corrected chi connectivity index (χ2v) is 4.63. The van der Waals surface area contributed by atoms with Crippen molar-refractivity contribution in [2.45, 2.75) is 25.1 Å². The molecular weight excluding hydrogens is 302 g/mol. The van der Waals surface area contributed by atoms with Gasteiger partial charge in [0.15, 0.2) is 0 Å². The number of piperidine rings is 1. The van der Waals surface area contributed by atoms with Gasteiger partial charge >= 0.3 is 6.18 Å². The molecule has 1 aliphatic heterocycles. The molecule has 0 aliphatic carbocycles. The fourth-order valence-electron chi connectivity index (χ4n) is 1.86. The highest BCUT2D eigenvalue weighted by Gasteiger charge is 2.31. The summed E-state index contributed by atoms with van der Waals surface area (Å²) in [5.41, 5.74) is -0.830. The van der Waals surface area contributed by atoms with Gasteiger partial charge in [-0.05, 0) is 32.0 Å². The largest absolute Gasteiger partial charge is 0.417 e. The van der Waals surface area contributed by atoms with E-state index in [9.17, 15) is 13.2 Å². The summed E-state index contributed by atoms with van der Waals surface area (Å²) >= 11 is 5.81. The van der Waals surface area contributed by atoms with Crippen LogP contribution >= 0.6 is 24.0 Å². The molecule has 108 valence electrons. The maximum absolute atomic E-state index is 12.4. The minimum atomic E-state index is -4.41. The molecule has 0 amide bonds. The van der Waals surface area contributed by atoms with Gasteiger partial charge < -0.3 is 10.6 Å². The van der Waals surface area contributed by atoms with Gasteiger partial charge in [0.1, 0.15) is 5.82 Å².